The van der Waals surface area contributed by atoms with Crippen LogP contribution in [0, 0.1) is 6.92 Å². The van der Waals surface area contributed by atoms with Gasteiger partial charge in [0.1, 0.15) is 0 Å². The molecular weight excluding hydrogens is 336 g/mol. The number of aromatic nitrogens is 5. The van der Waals surface area contributed by atoms with Gasteiger partial charge in [0.15, 0.2) is 5.69 Å². The third-order valence-corrected chi connectivity index (χ3v) is 3.40. The number of carbonyl (C=O) groups is 1. The van der Waals surface area contributed by atoms with Crippen LogP contribution in [0.3, 0.4) is 0 Å². The first kappa shape index (κ1) is 17.0. The summed E-state index contributed by atoms with van der Waals surface area (Å²) in [5.74, 6) is -0.433. The molecule has 0 aliphatic rings. The van der Waals surface area contributed by atoms with Gasteiger partial charge in [0.05, 0.1) is 11.4 Å². The smallest absolute Gasteiger partial charge is 0.292 e. The molecular formula is C16H16N8O2. The van der Waals surface area contributed by atoms with Crippen molar-refractivity contribution in [1.29, 1.82) is 0 Å². The SMILES string of the molecule is CC(/C=C\c1ccccc1)=N\NC(=O)c1c(C)nnn1-c1nonc1N. The zero-order valence-corrected chi connectivity index (χ0v) is 14.1. The fraction of sp³-hybridized carbons (Fsp3) is 0.125. The molecule has 26 heavy (non-hydrogen) atoms. The van der Waals surface area contributed by atoms with Gasteiger partial charge < -0.3 is 5.73 Å². The standard InChI is InChI=1S/C16H16N8O2/c1-10(8-9-12-6-4-3-5-7-12)18-20-16(25)13-11(2)19-23-24(13)15-14(17)21-26-22-15/h3-9H,1-2H3,(H2,17,21)(H,20,25)/b9-8-,18-10+. The number of hydrazone groups is 1. The van der Waals surface area contributed by atoms with Crippen molar-refractivity contribution < 1.29 is 9.42 Å². The molecule has 2 heterocycles. The lowest BCUT2D eigenvalue weighted by Gasteiger charge is -2.03. The van der Waals surface area contributed by atoms with E-state index in [1.807, 2.05) is 36.4 Å². The molecule has 0 aliphatic carbocycles. The van der Waals surface area contributed by atoms with Gasteiger partial charge in [-0.1, -0.05) is 41.6 Å². The van der Waals surface area contributed by atoms with E-state index in [0.717, 1.165) is 10.2 Å². The van der Waals surface area contributed by atoms with Crippen LogP contribution in [0.4, 0.5) is 5.82 Å². The van der Waals surface area contributed by atoms with Crippen molar-refractivity contribution in [3.05, 3.63) is 53.4 Å². The van der Waals surface area contributed by atoms with Crippen LogP contribution in [-0.4, -0.2) is 36.9 Å². The molecule has 0 saturated heterocycles. The number of nitrogen functional groups attached to an aromatic ring is 1. The van der Waals surface area contributed by atoms with E-state index in [1.54, 1.807) is 19.9 Å². The summed E-state index contributed by atoms with van der Waals surface area (Å²) >= 11 is 0. The minimum absolute atomic E-state index is 0.00516. The highest BCUT2D eigenvalue weighted by molar-refractivity contribution is 5.99. The van der Waals surface area contributed by atoms with Crippen LogP contribution < -0.4 is 11.2 Å². The molecule has 0 unspecified atom stereocenters. The summed E-state index contributed by atoms with van der Waals surface area (Å²) in [4.78, 5) is 12.5. The van der Waals surface area contributed by atoms with Crippen molar-refractivity contribution >= 4 is 23.5 Å². The summed E-state index contributed by atoms with van der Waals surface area (Å²) in [6.07, 6.45) is 3.68. The number of amides is 1. The predicted molar refractivity (Wildman–Crippen MR) is 94.4 cm³/mol. The topological polar surface area (TPSA) is 137 Å². The van der Waals surface area contributed by atoms with E-state index in [4.69, 9.17) is 5.73 Å². The maximum atomic E-state index is 12.5. The Morgan fingerprint density at radius 1 is 1.31 bits per heavy atom. The summed E-state index contributed by atoms with van der Waals surface area (Å²) in [7, 11) is 0. The molecule has 0 fully saturated rings. The fourth-order valence-corrected chi connectivity index (χ4v) is 2.11. The van der Waals surface area contributed by atoms with Gasteiger partial charge in [-0.05, 0) is 35.8 Å². The normalized spacial score (nSPS) is 11.8. The lowest BCUT2D eigenvalue weighted by atomic mass is 10.2. The molecule has 0 atom stereocenters. The van der Waals surface area contributed by atoms with Crippen molar-refractivity contribution in [3.8, 4) is 5.82 Å². The summed E-state index contributed by atoms with van der Waals surface area (Å²) in [5, 5.41) is 18.8. The Kier molecular flexibility index (Phi) is 4.83. The first-order chi connectivity index (χ1) is 12.6. The van der Waals surface area contributed by atoms with Gasteiger partial charge in [-0.2, -0.15) is 9.78 Å². The molecule has 0 spiro atoms. The van der Waals surface area contributed by atoms with Crippen molar-refractivity contribution in [2.24, 2.45) is 5.10 Å². The highest BCUT2D eigenvalue weighted by atomic mass is 16.6. The Labute approximate surface area is 148 Å². The number of anilines is 1. The molecule has 3 aromatic rings. The van der Waals surface area contributed by atoms with Crippen LogP contribution in [0.2, 0.25) is 0 Å². The average Bonchev–Trinajstić information content (AvgIpc) is 3.24. The summed E-state index contributed by atoms with van der Waals surface area (Å²) in [5.41, 5.74) is 10.3. The second kappa shape index (κ2) is 7.38. The third-order valence-electron chi connectivity index (χ3n) is 3.40. The second-order valence-electron chi connectivity index (χ2n) is 5.35. The summed E-state index contributed by atoms with van der Waals surface area (Å²) in [6.45, 7) is 3.40. The van der Waals surface area contributed by atoms with Gasteiger partial charge in [0.2, 0.25) is 11.6 Å². The van der Waals surface area contributed by atoms with Crippen LogP contribution in [-0.2, 0) is 0 Å². The van der Waals surface area contributed by atoms with E-state index in [0.29, 0.717) is 11.4 Å². The van der Waals surface area contributed by atoms with Crippen LogP contribution >= 0.6 is 0 Å². The second-order valence-corrected chi connectivity index (χ2v) is 5.35. The predicted octanol–water partition coefficient (Wildman–Crippen LogP) is 1.36. The van der Waals surface area contributed by atoms with Crippen molar-refractivity contribution in [2.45, 2.75) is 13.8 Å². The quantitative estimate of drug-likeness (QED) is 0.522. The lowest BCUT2D eigenvalue weighted by Crippen LogP contribution is -2.23. The number of benzene rings is 1. The number of nitrogens with zero attached hydrogens (tertiary/aromatic N) is 6. The largest absolute Gasteiger partial charge is 0.378 e. The number of hydrogen-bond donors (Lipinski definition) is 2. The first-order valence-electron chi connectivity index (χ1n) is 7.64. The first-order valence-corrected chi connectivity index (χ1v) is 7.64. The van der Waals surface area contributed by atoms with Crippen molar-refractivity contribution in [1.82, 2.24) is 30.7 Å². The Bertz CT molecular complexity index is 971. The average molecular weight is 352 g/mol. The van der Waals surface area contributed by atoms with Gasteiger partial charge in [-0.3, -0.25) is 4.79 Å². The Morgan fingerprint density at radius 3 is 2.77 bits per heavy atom. The molecule has 10 nitrogen and oxygen atoms in total. The molecule has 0 bridgehead atoms. The molecule has 3 N–H and O–H groups in total. The van der Waals surface area contributed by atoms with Crippen LogP contribution in [0.15, 0.2) is 46.1 Å². The molecule has 132 valence electrons. The Morgan fingerprint density at radius 2 is 2.08 bits per heavy atom. The highest BCUT2D eigenvalue weighted by Crippen LogP contribution is 2.14. The lowest BCUT2D eigenvalue weighted by molar-refractivity contribution is 0.0946. The number of nitrogens with two attached hydrogens (primary N) is 1. The number of aryl methyl sites for hydroxylation is 1. The van der Waals surface area contributed by atoms with E-state index in [9.17, 15) is 4.79 Å². The zero-order chi connectivity index (χ0) is 18.5. The molecule has 2 aromatic heterocycles. The van der Waals surface area contributed by atoms with Crippen LogP contribution in [0.25, 0.3) is 11.9 Å². The van der Waals surface area contributed by atoms with E-state index in [-0.39, 0.29) is 17.3 Å². The molecule has 10 heteroatoms. The van der Waals surface area contributed by atoms with Crippen molar-refractivity contribution in [3.63, 3.8) is 0 Å². The minimum atomic E-state index is -0.512. The number of allylic oxidation sites excluding steroid dienone is 1. The Hall–Kier alpha value is -3.82. The number of nitrogens with one attached hydrogen (secondary N) is 1. The van der Waals surface area contributed by atoms with E-state index < -0.39 is 5.91 Å². The molecule has 3 rings (SSSR count). The maximum absolute atomic E-state index is 12.5. The summed E-state index contributed by atoms with van der Waals surface area (Å²) < 4.78 is 5.69. The molecule has 0 saturated carbocycles. The highest BCUT2D eigenvalue weighted by Gasteiger charge is 2.22. The van der Waals surface area contributed by atoms with Crippen molar-refractivity contribution in [2.75, 3.05) is 5.73 Å². The fourth-order valence-electron chi connectivity index (χ4n) is 2.11. The van der Waals surface area contributed by atoms with Gasteiger partial charge in [-0.25, -0.2) is 10.1 Å². The van der Waals surface area contributed by atoms with Gasteiger partial charge >= 0.3 is 0 Å². The maximum Gasteiger partial charge on any atom is 0.292 e. The monoisotopic (exact) mass is 352 g/mol. The van der Waals surface area contributed by atoms with Gasteiger partial charge in [-0.15, -0.1) is 5.10 Å². The third kappa shape index (κ3) is 3.64. The number of rotatable bonds is 5. The van der Waals surface area contributed by atoms with E-state index in [2.05, 4.69) is 35.8 Å². The Balaban J connectivity index is 1.76. The van der Waals surface area contributed by atoms with Crippen LogP contribution in [0.5, 0.6) is 0 Å². The molecule has 1 amide bonds. The molecule has 0 aliphatic heterocycles. The van der Waals surface area contributed by atoms with E-state index in [1.165, 1.54) is 0 Å². The molecule has 0 radical (unpaired) electrons. The van der Waals surface area contributed by atoms with Gasteiger partial charge in [0, 0.05) is 0 Å². The van der Waals surface area contributed by atoms with Gasteiger partial charge in [0.25, 0.3) is 5.91 Å². The number of carbonyl (C=O) groups excluding carboxylic acids is 1. The number of hydrogen-bond acceptors (Lipinski definition) is 8. The van der Waals surface area contributed by atoms with Crippen LogP contribution in [0.1, 0.15) is 28.7 Å². The summed E-state index contributed by atoms with van der Waals surface area (Å²) in [6, 6.07) is 9.75. The minimum Gasteiger partial charge on any atom is -0.378 e. The van der Waals surface area contributed by atoms with E-state index >= 15 is 0 Å². The molecule has 1 aromatic carbocycles. The zero-order valence-electron chi connectivity index (χ0n) is 14.1.